The molecule has 0 radical (unpaired) electrons. The van der Waals surface area contributed by atoms with Crippen molar-refractivity contribution < 1.29 is 53.0 Å². The second kappa shape index (κ2) is 13.4. The summed E-state index contributed by atoms with van der Waals surface area (Å²) in [6, 6.07) is 10.9. The van der Waals surface area contributed by atoms with Crippen LogP contribution in [0.2, 0.25) is 0 Å². The second-order valence-corrected chi connectivity index (χ2v) is 10.0. The predicted molar refractivity (Wildman–Crippen MR) is 145 cm³/mol. The first kappa shape index (κ1) is 33.7. The first-order valence-corrected chi connectivity index (χ1v) is 13.4. The van der Waals surface area contributed by atoms with Crippen LogP contribution in [0.25, 0.3) is 22.3 Å². The molecule has 238 valence electrons. The Morgan fingerprint density at radius 1 is 0.578 bits per heavy atom. The van der Waals surface area contributed by atoms with E-state index in [1.54, 1.807) is 12.1 Å². The van der Waals surface area contributed by atoms with E-state index in [0.29, 0.717) is 17.7 Å². The molecule has 4 rings (SSSR count). The molecular weight excluding hydrogens is 621 g/mol. The lowest BCUT2D eigenvalue weighted by atomic mass is 9.96. The highest BCUT2D eigenvalue weighted by Gasteiger charge is 2.49. The summed E-state index contributed by atoms with van der Waals surface area (Å²) < 4.78 is 155. The largest absolute Gasteiger partial charge is 0.527 e. The van der Waals surface area contributed by atoms with Crippen molar-refractivity contribution in [1.82, 2.24) is 0 Å². The molecule has 0 saturated carbocycles. The third-order valence-corrected chi connectivity index (χ3v) is 6.89. The quantitative estimate of drug-likeness (QED) is 0.123. The van der Waals surface area contributed by atoms with Gasteiger partial charge in [0.25, 0.3) is 0 Å². The molecule has 0 aromatic heterocycles. The zero-order valence-electron chi connectivity index (χ0n) is 23.3. The van der Waals surface area contributed by atoms with Gasteiger partial charge in [0.1, 0.15) is 40.5 Å². The van der Waals surface area contributed by atoms with Crippen LogP contribution in [-0.4, -0.2) is 6.36 Å². The highest BCUT2D eigenvalue weighted by atomic mass is 19.4. The first-order chi connectivity index (χ1) is 21.1. The van der Waals surface area contributed by atoms with Crippen molar-refractivity contribution in [2.75, 3.05) is 0 Å². The van der Waals surface area contributed by atoms with E-state index in [9.17, 15) is 48.3 Å². The lowest BCUT2D eigenvalue weighted by molar-refractivity contribution is -0.432. The van der Waals surface area contributed by atoms with Crippen LogP contribution in [0.1, 0.15) is 35.6 Å². The number of benzene rings is 4. The van der Waals surface area contributed by atoms with E-state index in [2.05, 4.69) is 4.74 Å². The molecule has 0 fully saturated rings. The zero-order valence-corrected chi connectivity index (χ0v) is 23.3. The lowest BCUT2D eigenvalue weighted by Gasteiger charge is -2.20. The molecule has 0 heterocycles. The van der Waals surface area contributed by atoms with Crippen LogP contribution in [-0.2, 0) is 30.1 Å². The van der Waals surface area contributed by atoms with Crippen LogP contribution in [0.3, 0.4) is 0 Å². The number of rotatable bonds is 10. The summed E-state index contributed by atoms with van der Waals surface area (Å²) >= 11 is 0. The normalized spacial score (nSPS) is 12.4. The molecule has 1 nitrogen and oxygen atoms in total. The Balaban J connectivity index is 1.53. The molecule has 0 bridgehead atoms. The molecule has 4 aromatic carbocycles. The fourth-order valence-corrected chi connectivity index (χ4v) is 4.80. The standard InChI is InChI=1S/C33H23F11O/c1-2-3-4-5-18-6-9-20(10-7-18)21-14-24(34)23(25(35)15-21)11-8-19-12-26(36)30(27(37)13-19)22-16-28(38)31(29(39)17-22)32(40,41)45-33(42,43)44/h2-3,6-7,9-10,12-17H,4-5,8,11H2,1H3. The van der Waals surface area contributed by atoms with Crippen molar-refractivity contribution in [3.8, 4) is 22.3 Å². The number of hydrogen-bond donors (Lipinski definition) is 0. The summed E-state index contributed by atoms with van der Waals surface area (Å²) in [5.74, 6) is -9.12. The van der Waals surface area contributed by atoms with Gasteiger partial charge in [-0.3, -0.25) is 0 Å². The molecule has 12 heteroatoms. The SMILES string of the molecule is CC=CCCc1ccc(-c2cc(F)c(CCc3cc(F)c(-c4cc(F)c(C(F)(F)OC(F)(F)F)c(F)c4)c(F)c3)c(F)c2)cc1. The summed E-state index contributed by atoms with van der Waals surface area (Å²) in [6.07, 6.45) is -6.43. The van der Waals surface area contributed by atoms with Gasteiger partial charge in [-0.15, -0.1) is 13.2 Å². The number of halogens is 11. The van der Waals surface area contributed by atoms with Gasteiger partial charge in [-0.25, -0.2) is 31.1 Å². The van der Waals surface area contributed by atoms with E-state index in [-0.39, 0.29) is 41.7 Å². The number of alkyl halides is 5. The minimum absolute atomic E-state index is 0.0247. The minimum Gasteiger partial charge on any atom is -0.222 e. The molecule has 0 aliphatic carbocycles. The van der Waals surface area contributed by atoms with E-state index >= 15 is 0 Å². The smallest absolute Gasteiger partial charge is 0.222 e. The van der Waals surface area contributed by atoms with Crippen LogP contribution in [0, 0.1) is 34.9 Å². The van der Waals surface area contributed by atoms with Gasteiger partial charge in [0.2, 0.25) is 0 Å². The first-order valence-electron chi connectivity index (χ1n) is 13.4. The molecule has 0 atom stereocenters. The molecule has 4 aromatic rings. The number of allylic oxidation sites excluding steroid dienone is 2. The Bertz CT molecular complexity index is 1640. The van der Waals surface area contributed by atoms with Gasteiger partial charge in [0, 0.05) is 5.56 Å². The highest BCUT2D eigenvalue weighted by molar-refractivity contribution is 5.67. The maximum absolute atomic E-state index is 14.9. The maximum atomic E-state index is 14.9. The Morgan fingerprint density at radius 3 is 1.62 bits per heavy atom. The van der Waals surface area contributed by atoms with Crippen LogP contribution >= 0.6 is 0 Å². The lowest BCUT2D eigenvalue weighted by Crippen LogP contribution is -2.29. The van der Waals surface area contributed by atoms with E-state index in [4.69, 9.17) is 0 Å². The molecule has 0 N–H and O–H groups in total. The predicted octanol–water partition coefficient (Wildman–Crippen LogP) is 10.7. The van der Waals surface area contributed by atoms with Crippen molar-refractivity contribution in [1.29, 1.82) is 0 Å². The van der Waals surface area contributed by atoms with Gasteiger partial charge in [0.15, 0.2) is 0 Å². The fraction of sp³-hybridized carbons (Fsp3) is 0.212. The van der Waals surface area contributed by atoms with Gasteiger partial charge in [0.05, 0.1) is 5.56 Å². The summed E-state index contributed by atoms with van der Waals surface area (Å²) in [4.78, 5) is 0. The molecule has 0 saturated heterocycles. The summed E-state index contributed by atoms with van der Waals surface area (Å²) in [7, 11) is 0. The van der Waals surface area contributed by atoms with Crippen LogP contribution < -0.4 is 0 Å². The Morgan fingerprint density at radius 2 is 1.11 bits per heavy atom. The monoisotopic (exact) mass is 644 g/mol. The molecule has 45 heavy (non-hydrogen) atoms. The average Bonchev–Trinajstić information content (AvgIpc) is 2.91. The Kier molecular flexibility index (Phi) is 10.1. The zero-order chi connectivity index (χ0) is 33.1. The van der Waals surface area contributed by atoms with Crippen molar-refractivity contribution in [2.24, 2.45) is 0 Å². The summed E-state index contributed by atoms with van der Waals surface area (Å²) in [5.41, 5.74) is -2.97. The van der Waals surface area contributed by atoms with Crippen LogP contribution in [0.4, 0.5) is 48.3 Å². The van der Waals surface area contributed by atoms with Crippen molar-refractivity contribution in [3.05, 3.63) is 130 Å². The Hall–Kier alpha value is -4.19. The van der Waals surface area contributed by atoms with Gasteiger partial charge in [-0.1, -0.05) is 36.4 Å². The van der Waals surface area contributed by atoms with E-state index < -0.39 is 64.1 Å². The molecule has 0 aliphatic rings. The van der Waals surface area contributed by atoms with E-state index in [1.165, 1.54) is 0 Å². The molecule has 0 unspecified atom stereocenters. The summed E-state index contributed by atoms with van der Waals surface area (Å²) in [6.45, 7) is 1.92. The fourth-order valence-electron chi connectivity index (χ4n) is 4.80. The topological polar surface area (TPSA) is 9.23 Å². The third-order valence-electron chi connectivity index (χ3n) is 6.89. The van der Waals surface area contributed by atoms with Gasteiger partial charge in [-0.05, 0) is 96.8 Å². The van der Waals surface area contributed by atoms with Crippen molar-refractivity contribution >= 4 is 0 Å². The van der Waals surface area contributed by atoms with Gasteiger partial charge in [-0.2, -0.15) is 8.78 Å². The number of ether oxygens (including phenoxy) is 1. The molecular formula is C33H23F11O. The summed E-state index contributed by atoms with van der Waals surface area (Å²) in [5, 5.41) is 0. The van der Waals surface area contributed by atoms with Gasteiger partial charge >= 0.3 is 12.5 Å². The second-order valence-electron chi connectivity index (χ2n) is 10.0. The van der Waals surface area contributed by atoms with E-state index in [0.717, 1.165) is 30.5 Å². The van der Waals surface area contributed by atoms with Crippen LogP contribution in [0.5, 0.6) is 0 Å². The average molecular weight is 645 g/mol. The van der Waals surface area contributed by atoms with Gasteiger partial charge < -0.3 is 0 Å². The molecule has 0 aliphatic heterocycles. The number of hydrogen-bond acceptors (Lipinski definition) is 1. The molecule has 0 amide bonds. The number of aryl methyl sites for hydroxylation is 2. The van der Waals surface area contributed by atoms with E-state index in [1.807, 2.05) is 31.2 Å². The van der Waals surface area contributed by atoms with Crippen molar-refractivity contribution in [2.45, 2.75) is 45.1 Å². The third kappa shape index (κ3) is 8.10. The van der Waals surface area contributed by atoms with Crippen LogP contribution in [0.15, 0.2) is 72.8 Å². The Labute approximate surface area is 250 Å². The highest BCUT2D eigenvalue weighted by Crippen LogP contribution is 2.41. The molecule has 0 spiro atoms. The maximum Gasteiger partial charge on any atom is 0.527 e. The van der Waals surface area contributed by atoms with Crippen molar-refractivity contribution in [3.63, 3.8) is 0 Å². The minimum atomic E-state index is -5.96.